The van der Waals surface area contributed by atoms with Gasteiger partial charge in [-0.15, -0.1) is 0 Å². The number of nitrogens with zero attached hydrogens (tertiary/aromatic N) is 6. The lowest BCUT2D eigenvalue weighted by Crippen LogP contribution is -2.34. The number of carbonyl (C=O) groups is 1. The number of likely N-dealkylation sites (tertiary alicyclic amines) is 1. The van der Waals surface area contributed by atoms with Crippen LogP contribution in [0.1, 0.15) is 61.5 Å². The van der Waals surface area contributed by atoms with Crippen molar-refractivity contribution >= 4 is 28.6 Å². The van der Waals surface area contributed by atoms with E-state index in [-0.39, 0.29) is 23.6 Å². The third-order valence-electron chi connectivity index (χ3n) is 7.07. The first kappa shape index (κ1) is 33.0. The smallest absolute Gasteiger partial charge is 0.335 e. The van der Waals surface area contributed by atoms with Gasteiger partial charge >= 0.3 is 5.97 Å². The number of ether oxygens (including phenoxy) is 3. The number of rotatable bonds is 9. The Kier molecular flexibility index (Phi) is 12.2. The molecule has 2 saturated heterocycles. The average Bonchev–Trinajstić information content (AvgIpc) is 3.36. The van der Waals surface area contributed by atoms with E-state index in [1.54, 1.807) is 18.2 Å². The summed E-state index contributed by atoms with van der Waals surface area (Å²) in [7, 11) is 1.49. The Morgan fingerprint density at radius 2 is 1.91 bits per heavy atom. The molecule has 44 heavy (non-hydrogen) atoms. The summed E-state index contributed by atoms with van der Waals surface area (Å²) in [6.45, 7) is 8.61. The molecule has 6 rings (SSSR count). The minimum Gasteiger partial charge on any atom is -0.481 e. The summed E-state index contributed by atoms with van der Waals surface area (Å²) >= 11 is 5.57. The Hall–Kier alpha value is -3.87. The van der Waals surface area contributed by atoms with Gasteiger partial charge in [0.05, 0.1) is 47.9 Å². The highest BCUT2D eigenvalue weighted by Gasteiger charge is 2.23. The highest BCUT2D eigenvalue weighted by Crippen LogP contribution is 2.24. The van der Waals surface area contributed by atoms with Crippen LogP contribution in [0.5, 0.6) is 11.8 Å². The van der Waals surface area contributed by atoms with Crippen LogP contribution in [0.15, 0.2) is 42.7 Å². The highest BCUT2D eigenvalue weighted by molar-refractivity contribution is 6.30. The molecule has 0 amide bonds. The van der Waals surface area contributed by atoms with Crippen LogP contribution in [-0.4, -0.2) is 73.4 Å². The van der Waals surface area contributed by atoms with Crippen LogP contribution in [0.25, 0.3) is 11.0 Å². The maximum Gasteiger partial charge on any atom is 0.335 e. The van der Waals surface area contributed by atoms with Gasteiger partial charge in [0.15, 0.2) is 11.6 Å². The van der Waals surface area contributed by atoms with Crippen molar-refractivity contribution < 1.29 is 28.5 Å². The van der Waals surface area contributed by atoms with Crippen LogP contribution >= 0.6 is 11.6 Å². The van der Waals surface area contributed by atoms with E-state index in [2.05, 4.69) is 24.4 Å². The van der Waals surface area contributed by atoms with E-state index in [4.69, 9.17) is 30.8 Å². The second-order valence-electron chi connectivity index (χ2n) is 10.0. The molecule has 2 aliphatic rings. The molecular formula is C31H38ClFN6O5. The molecule has 0 spiro atoms. The van der Waals surface area contributed by atoms with Crippen LogP contribution in [0.4, 0.5) is 4.39 Å². The zero-order valence-electron chi connectivity index (χ0n) is 25.2. The van der Waals surface area contributed by atoms with Crippen LogP contribution < -0.4 is 9.47 Å². The first-order valence-corrected chi connectivity index (χ1v) is 15.1. The van der Waals surface area contributed by atoms with Gasteiger partial charge in [-0.3, -0.25) is 4.90 Å². The van der Waals surface area contributed by atoms with Crippen molar-refractivity contribution in [3.63, 3.8) is 0 Å². The molecule has 2 fully saturated rings. The molecule has 1 atom stereocenters. The Bertz CT molecular complexity index is 1530. The third-order valence-corrected chi connectivity index (χ3v) is 7.28. The fourth-order valence-electron chi connectivity index (χ4n) is 4.78. The fraction of sp³-hybridized carbons (Fsp3) is 0.452. The summed E-state index contributed by atoms with van der Waals surface area (Å²) < 4.78 is 31.2. The monoisotopic (exact) mass is 628 g/mol. The van der Waals surface area contributed by atoms with Gasteiger partial charge in [0.2, 0.25) is 5.88 Å². The second-order valence-corrected chi connectivity index (χ2v) is 10.4. The SMILES string of the molecule is CC.COc1ccnc(COc2ncc(Cl)cc2F)n1.O=C(O)c1ccc2nc(CN3CCCCC3)n(CC3CCO3)c2c1. The van der Waals surface area contributed by atoms with E-state index < -0.39 is 11.8 Å². The molecule has 11 nitrogen and oxygen atoms in total. The molecule has 0 saturated carbocycles. The lowest BCUT2D eigenvalue weighted by Gasteiger charge is -2.29. The zero-order chi connectivity index (χ0) is 31.5. The number of carboxylic acids is 1. The average molecular weight is 629 g/mol. The molecule has 0 radical (unpaired) electrons. The normalized spacial score (nSPS) is 16.2. The molecule has 0 bridgehead atoms. The topological polar surface area (TPSA) is 125 Å². The molecule has 4 aromatic rings. The van der Waals surface area contributed by atoms with Gasteiger partial charge in [-0.05, 0) is 56.6 Å². The summed E-state index contributed by atoms with van der Waals surface area (Å²) in [4.78, 5) is 30.2. The number of halogens is 2. The molecule has 0 aliphatic carbocycles. The van der Waals surface area contributed by atoms with Crippen LogP contribution in [-0.2, 0) is 24.4 Å². The highest BCUT2D eigenvalue weighted by atomic mass is 35.5. The molecular weight excluding hydrogens is 591 g/mol. The van der Waals surface area contributed by atoms with E-state index in [1.807, 2.05) is 19.9 Å². The van der Waals surface area contributed by atoms with Crippen molar-refractivity contribution in [3.8, 4) is 11.8 Å². The second kappa shape index (κ2) is 16.3. The van der Waals surface area contributed by atoms with Crippen molar-refractivity contribution in [2.24, 2.45) is 0 Å². The van der Waals surface area contributed by atoms with Crippen molar-refractivity contribution in [3.05, 3.63) is 70.8 Å². The molecule has 3 aromatic heterocycles. The number of piperidine rings is 1. The van der Waals surface area contributed by atoms with Gasteiger partial charge in [0, 0.05) is 25.1 Å². The van der Waals surface area contributed by atoms with E-state index in [0.717, 1.165) is 62.1 Å². The third kappa shape index (κ3) is 8.84. The first-order valence-electron chi connectivity index (χ1n) is 14.8. The number of fused-ring (bicyclic) bond motifs is 1. The van der Waals surface area contributed by atoms with E-state index in [9.17, 15) is 14.3 Å². The number of hydrogen-bond donors (Lipinski definition) is 1. The fourth-order valence-corrected chi connectivity index (χ4v) is 4.93. The molecule has 1 aromatic carbocycles. The zero-order valence-corrected chi connectivity index (χ0v) is 26.0. The van der Waals surface area contributed by atoms with E-state index in [0.29, 0.717) is 17.3 Å². The van der Waals surface area contributed by atoms with Crippen molar-refractivity contribution in [2.75, 3.05) is 26.8 Å². The Balaban J connectivity index is 0.000000198. The van der Waals surface area contributed by atoms with Crippen molar-refractivity contribution in [1.82, 2.24) is 29.4 Å². The van der Waals surface area contributed by atoms with Gasteiger partial charge in [0.1, 0.15) is 12.4 Å². The van der Waals surface area contributed by atoms with Crippen molar-refractivity contribution in [1.29, 1.82) is 0 Å². The first-order chi connectivity index (χ1) is 21.4. The number of aromatic nitrogens is 5. The number of carboxylic acid groups (broad SMARTS) is 1. The van der Waals surface area contributed by atoms with Gasteiger partial charge in [0.25, 0.3) is 5.88 Å². The van der Waals surface area contributed by atoms with Crippen LogP contribution in [0.3, 0.4) is 0 Å². The summed E-state index contributed by atoms with van der Waals surface area (Å²) in [5.41, 5.74) is 2.08. The standard InChI is InChI=1S/C18H23N3O3.C11H9ClFN3O2.C2H6/c22-18(23)13-4-5-15-16(10-13)21(11-14-6-9-24-14)17(19-15)12-20-7-2-1-3-8-20;1-17-10-2-3-14-9(16-10)6-18-11-8(13)4-7(12)5-15-11;1-2/h4-5,10,14H,1-3,6-9,11-12H2,(H,22,23);2-5H,6H2,1H3;1-2H3. The number of benzene rings is 1. The number of imidazole rings is 1. The number of hydrogen-bond acceptors (Lipinski definition) is 9. The number of aromatic carboxylic acids is 1. The lowest BCUT2D eigenvalue weighted by molar-refractivity contribution is -0.0592. The maximum atomic E-state index is 13.4. The van der Waals surface area contributed by atoms with Gasteiger partial charge in [-0.1, -0.05) is 31.9 Å². The van der Waals surface area contributed by atoms with Crippen LogP contribution in [0, 0.1) is 5.82 Å². The molecule has 236 valence electrons. The summed E-state index contributed by atoms with van der Waals surface area (Å²) in [6.07, 6.45) is 7.90. The molecule has 1 N–H and O–H groups in total. The maximum absolute atomic E-state index is 13.4. The molecule has 13 heteroatoms. The van der Waals surface area contributed by atoms with E-state index in [1.165, 1.54) is 38.8 Å². The molecule has 2 aliphatic heterocycles. The van der Waals surface area contributed by atoms with Gasteiger partial charge in [-0.2, -0.15) is 4.98 Å². The Labute approximate surface area is 261 Å². The molecule has 5 heterocycles. The number of pyridine rings is 1. The Morgan fingerprint density at radius 1 is 1.14 bits per heavy atom. The lowest BCUT2D eigenvalue weighted by atomic mass is 10.1. The predicted molar refractivity (Wildman–Crippen MR) is 164 cm³/mol. The predicted octanol–water partition coefficient (Wildman–Crippen LogP) is 5.79. The van der Waals surface area contributed by atoms with Crippen LogP contribution in [0.2, 0.25) is 5.02 Å². The minimum atomic E-state index is -0.901. The van der Waals surface area contributed by atoms with E-state index >= 15 is 0 Å². The summed E-state index contributed by atoms with van der Waals surface area (Å²) in [5.74, 6) is 0.113. The number of methoxy groups -OCH3 is 1. The van der Waals surface area contributed by atoms with Gasteiger partial charge < -0.3 is 23.9 Å². The minimum absolute atomic E-state index is 0.0112. The summed E-state index contributed by atoms with van der Waals surface area (Å²) in [6, 6.07) is 7.91. The molecule has 1 unspecified atom stereocenters. The summed E-state index contributed by atoms with van der Waals surface area (Å²) in [5, 5.41) is 9.49. The van der Waals surface area contributed by atoms with Gasteiger partial charge in [-0.25, -0.2) is 24.1 Å². The Morgan fingerprint density at radius 3 is 2.57 bits per heavy atom. The largest absolute Gasteiger partial charge is 0.481 e. The van der Waals surface area contributed by atoms with Crippen molar-refractivity contribution in [2.45, 2.75) is 65.3 Å². The quantitative estimate of drug-likeness (QED) is 0.244.